The van der Waals surface area contributed by atoms with Gasteiger partial charge in [-0.3, -0.25) is 0 Å². The highest BCUT2D eigenvalue weighted by molar-refractivity contribution is 5.46. The summed E-state index contributed by atoms with van der Waals surface area (Å²) in [4.78, 5) is 3.73. The number of benzene rings is 1. The van der Waals surface area contributed by atoms with Crippen LogP contribution in [0, 0.1) is 6.39 Å². The summed E-state index contributed by atoms with van der Waals surface area (Å²) in [5.74, 6) is 2.07. The Morgan fingerprint density at radius 1 is 1.19 bits per heavy atom. The minimum absolute atomic E-state index is 0.312. The summed E-state index contributed by atoms with van der Waals surface area (Å²) < 4.78 is 20.4. The Kier molecular flexibility index (Phi) is 2.95. The van der Waals surface area contributed by atoms with Crippen molar-refractivity contribution in [2.45, 2.75) is 0 Å². The Morgan fingerprint density at radius 3 is 2.69 bits per heavy atom. The van der Waals surface area contributed by atoms with Crippen LogP contribution in [-0.4, -0.2) is 19.2 Å². The lowest BCUT2D eigenvalue weighted by atomic mass is 10.3. The fourth-order valence-electron chi connectivity index (χ4n) is 1.20. The van der Waals surface area contributed by atoms with Crippen LogP contribution in [0.15, 0.2) is 28.9 Å². The quantitative estimate of drug-likeness (QED) is 0.791. The van der Waals surface area contributed by atoms with E-state index in [0.29, 0.717) is 23.1 Å². The molecule has 1 heterocycles. The van der Waals surface area contributed by atoms with Crippen LogP contribution in [0.4, 0.5) is 0 Å². The molecule has 0 N–H and O–H groups in total. The maximum Gasteiger partial charge on any atom is 0.287 e. The fraction of sp³-hybridized carbons (Fsp3) is 0.182. The van der Waals surface area contributed by atoms with E-state index in [1.807, 2.05) is 0 Å². The van der Waals surface area contributed by atoms with Crippen LogP contribution in [0.2, 0.25) is 0 Å². The van der Waals surface area contributed by atoms with E-state index in [-0.39, 0.29) is 0 Å². The Labute approximate surface area is 92.6 Å². The molecule has 0 aliphatic heterocycles. The van der Waals surface area contributed by atoms with Gasteiger partial charge in [0.2, 0.25) is 0 Å². The van der Waals surface area contributed by atoms with Crippen LogP contribution in [0.3, 0.4) is 0 Å². The molecule has 0 spiro atoms. The summed E-state index contributed by atoms with van der Waals surface area (Å²) in [5, 5.41) is 0. The predicted octanol–water partition coefficient (Wildman–Crippen LogP) is 2.28. The monoisotopic (exact) mass is 220 g/mol. The van der Waals surface area contributed by atoms with Crippen LogP contribution >= 0.6 is 0 Å². The normalized spacial score (nSPS) is 9.88. The second-order valence-electron chi connectivity index (χ2n) is 2.90. The van der Waals surface area contributed by atoms with Crippen molar-refractivity contribution in [2.75, 3.05) is 14.2 Å². The average molecular weight is 220 g/mol. The van der Waals surface area contributed by atoms with Crippen molar-refractivity contribution < 1.29 is 18.6 Å². The van der Waals surface area contributed by atoms with Crippen LogP contribution < -0.4 is 14.2 Å². The highest BCUT2D eigenvalue weighted by Gasteiger charge is 2.08. The Bertz CT molecular complexity index is 453. The van der Waals surface area contributed by atoms with E-state index < -0.39 is 0 Å². The van der Waals surface area contributed by atoms with E-state index in [9.17, 15) is 0 Å². The molecule has 0 saturated heterocycles. The Hall–Kier alpha value is -2.17. The number of hydrogen-bond acceptors (Lipinski definition) is 5. The van der Waals surface area contributed by atoms with Gasteiger partial charge in [-0.1, -0.05) is 0 Å². The summed E-state index contributed by atoms with van der Waals surface area (Å²) in [5.41, 5.74) is 0. The molecule has 83 valence electrons. The molecule has 0 amide bonds. The van der Waals surface area contributed by atoms with Crippen LogP contribution in [0.5, 0.6) is 23.1 Å². The molecule has 2 aromatic rings. The van der Waals surface area contributed by atoms with Gasteiger partial charge in [0, 0.05) is 6.07 Å². The van der Waals surface area contributed by atoms with Gasteiger partial charge in [-0.2, -0.15) is 4.98 Å². The maximum atomic E-state index is 5.44. The van der Waals surface area contributed by atoms with Crippen LogP contribution in [0.25, 0.3) is 0 Å². The standard InChI is InChI=1S/C11H10NO4/c1-13-8-3-4-9(14-2)10(5-8)16-11-6-15-7-12-11/h3-6H,1-2H3. The zero-order valence-corrected chi connectivity index (χ0v) is 8.89. The molecule has 1 radical (unpaired) electrons. The Balaban J connectivity index is 2.30. The fourth-order valence-corrected chi connectivity index (χ4v) is 1.20. The third kappa shape index (κ3) is 2.08. The summed E-state index contributed by atoms with van der Waals surface area (Å²) in [6.07, 6.45) is 3.64. The molecule has 5 nitrogen and oxygen atoms in total. The number of rotatable bonds is 4. The first kappa shape index (κ1) is 10.4. The third-order valence-corrected chi connectivity index (χ3v) is 1.95. The zero-order chi connectivity index (χ0) is 11.4. The molecule has 0 unspecified atom stereocenters. The molecule has 0 saturated carbocycles. The summed E-state index contributed by atoms with van der Waals surface area (Å²) >= 11 is 0. The lowest BCUT2D eigenvalue weighted by Crippen LogP contribution is -1.91. The number of hydrogen-bond donors (Lipinski definition) is 0. The van der Waals surface area contributed by atoms with Gasteiger partial charge in [0.1, 0.15) is 5.75 Å². The average Bonchev–Trinajstić information content (AvgIpc) is 2.82. The molecule has 16 heavy (non-hydrogen) atoms. The highest BCUT2D eigenvalue weighted by Crippen LogP contribution is 2.33. The number of aromatic nitrogens is 1. The second kappa shape index (κ2) is 4.57. The number of oxazole rings is 1. The van der Waals surface area contributed by atoms with E-state index in [1.165, 1.54) is 6.26 Å². The summed E-state index contributed by atoms with van der Waals surface area (Å²) in [6.45, 7) is 0. The maximum absolute atomic E-state index is 5.44. The van der Waals surface area contributed by atoms with Gasteiger partial charge in [-0.25, -0.2) is 0 Å². The van der Waals surface area contributed by atoms with Gasteiger partial charge in [0.05, 0.1) is 14.2 Å². The first-order valence-corrected chi connectivity index (χ1v) is 4.55. The SMILES string of the molecule is COc1ccc(OC)c(Oc2co[c]n2)c1. The lowest BCUT2D eigenvalue weighted by Gasteiger charge is -2.09. The van der Waals surface area contributed by atoms with Crippen molar-refractivity contribution in [2.24, 2.45) is 0 Å². The third-order valence-electron chi connectivity index (χ3n) is 1.95. The van der Waals surface area contributed by atoms with Crippen molar-refractivity contribution >= 4 is 0 Å². The van der Waals surface area contributed by atoms with E-state index in [4.69, 9.17) is 14.2 Å². The van der Waals surface area contributed by atoms with E-state index in [0.717, 1.165) is 0 Å². The largest absolute Gasteiger partial charge is 0.497 e. The molecule has 0 bridgehead atoms. The van der Waals surface area contributed by atoms with Crippen molar-refractivity contribution in [1.82, 2.24) is 4.98 Å². The van der Waals surface area contributed by atoms with Crippen molar-refractivity contribution in [1.29, 1.82) is 0 Å². The molecule has 2 rings (SSSR count). The zero-order valence-electron chi connectivity index (χ0n) is 8.89. The lowest BCUT2D eigenvalue weighted by molar-refractivity contribution is 0.366. The van der Waals surface area contributed by atoms with Crippen LogP contribution in [0.1, 0.15) is 0 Å². The number of methoxy groups -OCH3 is 2. The molecular formula is C11H10NO4. The van der Waals surface area contributed by atoms with Gasteiger partial charge in [-0.15, -0.1) is 0 Å². The first-order valence-electron chi connectivity index (χ1n) is 4.55. The molecule has 0 fully saturated rings. The first-order chi connectivity index (χ1) is 7.83. The molecule has 0 aliphatic rings. The minimum Gasteiger partial charge on any atom is -0.497 e. The van der Waals surface area contributed by atoms with E-state index in [2.05, 4.69) is 15.8 Å². The van der Waals surface area contributed by atoms with E-state index >= 15 is 0 Å². The van der Waals surface area contributed by atoms with Gasteiger partial charge in [-0.05, 0) is 12.1 Å². The molecule has 0 aliphatic carbocycles. The molecule has 5 heteroatoms. The van der Waals surface area contributed by atoms with Crippen molar-refractivity contribution in [3.05, 3.63) is 30.9 Å². The predicted molar refractivity (Wildman–Crippen MR) is 55.0 cm³/mol. The molecule has 0 atom stereocenters. The highest BCUT2D eigenvalue weighted by atomic mass is 16.5. The molecular weight excluding hydrogens is 210 g/mol. The number of nitrogens with zero attached hydrogens (tertiary/aromatic N) is 1. The van der Waals surface area contributed by atoms with Gasteiger partial charge in [0.25, 0.3) is 12.3 Å². The van der Waals surface area contributed by atoms with Crippen molar-refractivity contribution in [3.63, 3.8) is 0 Å². The molecule has 1 aromatic carbocycles. The summed E-state index contributed by atoms with van der Waals surface area (Å²) in [6, 6.07) is 5.23. The topological polar surface area (TPSA) is 53.7 Å². The van der Waals surface area contributed by atoms with Gasteiger partial charge >= 0.3 is 0 Å². The smallest absolute Gasteiger partial charge is 0.287 e. The summed E-state index contributed by atoms with van der Waals surface area (Å²) in [7, 11) is 3.14. The van der Waals surface area contributed by atoms with Crippen LogP contribution in [-0.2, 0) is 0 Å². The van der Waals surface area contributed by atoms with Crippen molar-refractivity contribution in [3.8, 4) is 23.1 Å². The molecule has 1 aromatic heterocycles. The second-order valence-corrected chi connectivity index (χ2v) is 2.90. The van der Waals surface area contributed by atoms with Gasteiger partial charge < -0.3 is 18.6 Å². The van der Waals surface area contributed by atoms with E-state index in [1.54, 1.807) is 32.4 Å². The minimum atomic E-state index is 0.312. The van der Waals surface area contributed by atoms with Gasteiger partial charge in [0.15, 0.2) is 17.8 Å². The number of ether oxygens (including phenoxy) is 3. The Morgan fingerprint density at radius 2 is 2.06 bits per heavy atom.